The molecule has 6 heteroatoms. The third kappa shape index (κ3) is 2.01. The molecule has 0 N–H and O–H groups in total. The molecule has 0 spiro atoms. The topological polar surface area (TPSA) is 55.3 Å². The molecule has 2 fully saturated rings. The van der Waals surface area contributed by atoms with Gasteiger partial charge in [0.25, 0.3) is 0 Å². The van der Waals surface area contributed by atoms with Crippen LogP contribution in [0.3, 0.4) is 0 Å². The van der Waals surface area contributed by atoms with E-state index in [4.69, 9.17) is 4.74 Å². The zero-order valence-electron chi connectivity index (χ0n) is 12.3. The molecule has 0 amide bonds. The van der Waals surface area contributed by atoms with Crippen LogP contribution in [0.15, 0.2) is 0 Å². The summed E-state index contributed by atoms with van der Waals surface area (Å²) in [6.45, 7) is 5.89. The number of esters is 1. The summed E-state index contributed by atoms with van der Waals surface area (Å²) in [5, 5.41) is 10.6. The highest BCUT2D eigenvalue weighted by Crippen LogP contribution is 2.50. The number of carbonyl (C=O) groups is 1. The number of hydrogen-bond donors (Lipinski definition) is 0. The summed E-state index contributed by atoms with van der Waals surface area (Å²) >= 11 is 1.65. The molecule has 2 unspecified atom stereocenters. The van der Waals surface area contributed by atoms with Gasteiger partial charge in [-0.25, -0.2) is 0 Å². The molecule has 1 aromatic heterocycles. The fourth-order valence-corrected chi connectivity index (χ4v) is 4.41. The van der Waals surface area contributed by atoms with Gasteiger partial charge in [0.05, 0.1) is 12.5 Å². The van der Waals surface area contributed by atoms with E-state index in [1.165, 1.54) is 7.11 Å². The molecule has 1 saturated carbocycles. The van der Waals surface area contributed by atoms with Gasteiger partial charge in [-0.3, -0.25) is 4.79 Å². The lowest BCUT2D eigenvalue weighted by atomic mass is 9.81. The molecule has 0 aromatic carbocycles. The summed E-state index contributed by atoms with van der Waals surface area (Å²) in [7, 11) is 1.50. The molecular formula is C14H21N3O2S. The van der Waals surface area contributed by atoms with Gasteiger partial charge in [0, 0.05) is 19.0 Å². The van der Waals surface area contributed by atoms with Crippen molar-refractivity contribution >= 4 is 22.4 Å². The number of carbonyl (C=O) groups excluding carboxylic acids is 1. The molecule has 110 valence electrons. The molecule has 3 rings (SSSR count). The van der Waals surface area contributed by atoms with Crippen LogP contribution in [0.25, 0.3) is 0 Å². The molecule has 1 aliphatic carbocycles. The van der Waals surface area contributed by atoms with Crippen molar-refractivity contribution in [1.29, 1.82) is 0 Å². The van der Waals surface area contributed by atoms with Crippen molar-refractivity contribution in [3.05, 3.63) is 5.01 Å². The lowest BCUT2D eigenvalue weighted by molar-refractivity contribution is -0.152. The van der Waals surface area contributed by atoms with Gasteiger partial charge in [-0.05, 0) is 18.8 Å². The average molecular weight is 295 g/mol. The Bertz CT molecular complexity index is 516. The van der Waals surface area contributed by atoms with Gasteiger partial charge < -0.3 is 9.64 Å². The van der Waals surface area contributed by atoms with E-state index in [1.54, 1.807) is 11.3 Å². The van der Waals surface area contributed by atoms with Crippen molar-refractivity contribution in [1.82, 2.24) is 10.2 Å². The second-order valence-electron chi connectivity index (χ2n) is 6.19. The van der Waals surface area contributed by atoms with Gasteiger partial charge in [0.1, 0.15) is 5.01 Å². The van der Waals surface area contributed by atoms with Gasteiger partial charge in [-0.2, -0.15) is 0 Å². The molecule has 0 bridgehead atoms. The highest BCUT2D eigenvalue weighted by Gasteiger charge is 2.56. The normalized spacial score (nSPS) is 29.0. The lowest BCUT2D eigenvalue weighted by Crippen LogP contribution is -2.36. The molecule has 5 nitrogen and oxygen atoms in total. The largest absolute Gasteiger partial charge is 0.469 e. The van der Waals surface area contributed by atoms with Crippen LogP contribution in [0.2, 0.25) is 0 Å². The second-order valence-corrected chi connectivity index (χ2v) is 7.18. The summed E-state index contributed by atoms with van der Waals surface area (Å²) in [5.41, 5.74) is -0.307. The van der Waals surface area contributed by atoms with E-state index in [0.29, 0.717) is 11.8 Å². The third-order valence-electron chi connectivity index (χ3n) is 4.66. The third-order valence-corrected chi connectivity index (χ3v) is 5.94. The maximum Gasteiger partial charge on any atom is 0.313 e. The number of anilines is 1. The summed E-state index contributed by atoms with van der Waals surface area (Å²) < 4.78 is 5.07. The minimum Gasteiger partial charge on any atom is -0.469 e. The second kappa shape index (κ2) is 4.98. The maximum atomic E-state index is 12.2. The van der Waals surface area contributed by atoms with Gasteiger partial charge in [0.2, 0.25) is 5.13 Å². The Hall–Kier alpha value is -1.17. The number of fused-ring (bicyclic) bond motifs is 1. The van der Waals surface area contributed by atoms with Crippen LogP contribution in [0.5, 0.6) is 0 Å². The first-order chi connectivity index (χ1) is 9.56. The van der Waals surface area contributed by atoms with E-state index in [0.717, 1.165) is 42.5 Å². The molecule has 1 saturated heterocycles. The van der Waals surface area contributed by atoms with Crippen LogP contribution in [-0.4, -0.2) is 36.4 Å². The highest BCUT2D eigenvalue weighted by molar-refractivity contribution is 7.15. The Morgan fingerprint density at radius 3 is 2.95 bits per heavy atom. The fraction of sp³-hybridized carbons (Fsp3) is 0.786. The van der Waals surface area contributed by atoms with E-state index in [-0.39, 0.29) is 11.4 Å². The van der Waals surface area contributed by atoms with E-state index in [1.807, 2.05) is 0 Å². The van der Waals surface area contributed by atoms with E-state index >= 15 is 0 Å². The van der Waals surface area contributed by atoms with Crippen molar-refractivity contribution in [2.75, 3.05) is 25.1 Å². The minimum absolute atomic E-state index is 0.0453. The zero-order valence-corrected chi connectivity index (χ0v) is 13.1. The van der Waals surface area contributed by atoms with E-state index in [2.05, 4.69) is 28.9 Å². The summed E-state index contributed by atoms with van der Waals surface area (Å²) in [5.74, 6) is 0.760. The van der Waals surface area contributed by atoms with Crippen molar-refractivity contribution in [2.24, 2.45) is 11.3 Å². The molecule has 0 radical (unpaired) electrons. The number of aromatic nitrogens is 2. The molecule has 2 atom stereocenters. The quantitative estimate of drug-likeness (QED) is 0.802. The highest BCUT2D eigenvalue weighted by atomic mass is 32.1. The van der Waals surface area contributed by atoms with Crippen molar-refractivity contribution in [3.8, 4) is 0 Å². The first-order valence-electron chi connectivity index (χ1n) is 7.23. The Labute approximate surface area is 123 Å². The number of methoxy groups -OCH3 is 1. The van der Waals surface area contributed by atoms with Crippen LogP contribution in [0.1, 0.15) is 44.0 Å². The van der Waals surface area contributed by atoms with Gasteiger partial charge >= 0.3 is 5.97 Å². The summed E-state index contributed by atoms with van der Waals surface area (Å²) in [6, 6.07) is 0. The van der Waals surface area contributed by atoms with Crippen LogP contribution in [0, 0.1) is 11.3 Å². The number of hydrogen-bond acceptors (Lipinski definition) is 6. The fourth-order valence-electron chi connectivity index (χ4n) is 3.56. The smallest absolute Gasteiger partial charge is 0.313 e. The molecular weight excluding hydrogens is 274 g/mol. The van der Waals surface area contributed by atoms with E-state index in [9.17, 15) is 4.79 Å². The molecule has 2 heterocycles. The Kier molecular flexibility index (Phi) is 3.44. The van der Waals surface area contributed by atoms with Crippen LogP contribution < -0.4 is 4.90 Å². The maximum absolute atomic E-state index is 12.2. The van der Waals surface area contributed by atoms with Gasteiger partial charge in [-0.1, -0.05) is 31.6 Å². The van der Waals surface area contributed by atoms with Crippen LogP contribution in [0.4, 0.5) is 5.13 Å². The monoisotopic (exact) mass is 295 g/mol. The molecule has 1 aromatic rings. The van der Waals surface area contributed by atoms with E-state index < -0.39 is 0 Å². The molecule has 1 aliphatic heterocycles. The Morgan fingerprint density at radius 1 is 1.50 bits per heavy atom. The van der Waals surface area contributed by atoms with Gasteiger partial charge in [0.15, 0.2) is 0 Å². The van der Waals surface area contributed by atoms with Crippen molar-refractivity contribution in [3.63, 3.8) is 0 Å². The average Bonchev–Trinajstić information content (AvgIpc) is 3.09. The first kappa shape index (κ1) is 13.8. The number of rotatable bonds is 3. The SMILES string of the molecule is COC(=O)C12CCCC1CN(c1nnc(C(C)C)s1)C2. The predicted molar refractivity (Wildman–Crippen MR) is 78.0 cm³/mol. The summed E-state index contributed by atoms with van der Waals surface area (Å²) in [6.07, 6.45) is 3.18. The molecule has 2 aliphatic rings. The Morgan fingerprint density at radius 2 is 2.30 bits per heavy atom. The first-order valence-corrected chi connectivity index (χ1v) is 8.05. The summed E-state index contributed by atoms with van der Waals surface area (Å²) in [4.78, 5) is 14.5. The van der Waals surface area contributed by atoms with Crippen molar-refractivity contribution < 1.29 is 9.53 Å². The van der Waals surface area contributed by atoms with Gasteiger partial charge in [-0.15, -0.1) is 10.2 Å². The number of nitrogens with zero attached hydrogens (tertiary/aromatic N) is 3. The standard InChI is InChI=1S/C14H21N3O2S/c1-9(2)11-15-16-13(20-11)17-7-10-5-4-6-14(10,8-17)12(18)19-3/h9-10H,4-8H2,1-3H3. The van der Waals surface area contributed by atoms with Crippen molar-refractivity contribution in [2.45, 2.75) is 39.0 Å². The predicted octanol–water partition coefficient (Wildman–Crippen LogP) is 2.44. The number of ether oxygens (including phenoxy) is 1. The molecule has 20 heavy (non-hydrogen) atoms. The lowest BCUT2D eigenvalue weighted by Gasteiger charge is -2.25. The Balaban J connectivity index is 1.82. The van der Waals surface area contributed by atoms with Crippen LogP contribution >= 0.6 is 11.3 Å². The van der Waals surface area contributed by atoms with Crippen LogP contribution in [-0.2, 0) is 9.53 Å². The minimum atomic E-state index is -0.307. The zero-order chi connectivity index (χ0) is 14.3.